The Morgan fingerprint density at radius 2 is 2.05 bits per heavy atom. The van der Waals surface area contributed by atoms with Crippen molar-refractivity contribution in [3.05, 3.63) is 27.9 Å². The van der Waals surface area contributed by atoms with Crippen LogP contribution in [0.25, 0.3) is 11.0 Å². The van der Waals surface area contributed by atoms with Gasteiger partial charge in [0.05, 0.1) is 27.4 Å². The van der Waals surface area contributed by atoms with Gasteiger partial charge in [-0.15, -0.1) is 0 Å². The molecule has 0 aliphatic carbocycles. The molecule has 7 nitrogen and oxygen atoms in total. The average Bonchev–Trinajstić information content (AvgIpc) is 2.95. The van der Waals surface area contributed by atoms with Gasteiger partial charge in [-0.2, -0.15) is 10.2 Å². The summed E-state index contributed by atoms with van der Waals surface area (Å²) >= 11 is 3.54. The number of aryl methyl sites for hydroxylation is 2. The molecule has 0 aliphatic rings. The number of anilines is 1. The Bertz CT molecular complexity index is 818. The Balaban J connectivity index is 2.08. The summed E-state index contributed by atoms with van der Waals surface area (Å²) in [6.45, 7) is 4.51. The molecule has 0 radical (unpaired) electrons. The summed E-state index contributed by atoms with van der Waals surface area (Å²) in [5, 5.41) is 12.7. The minimum absolute atomic E-state index is 0.522. The monoisotopic (exact) mass is 349 g/mol. The van der Waals surface area contributed by atoms with Crippen LogP contribution in [0.4, 0.5) is 5.82 Å². The van der Waals surface area contributed by atoms with Gasteiger partial charge in [-0.05, 0) is 29.8 Å². The van der Waals surface area contributed by atoms with Crippen LogP contribution < -0.4 is 5.32 Å². The smallest absolute Gasteiger partial charge is 0.163 e. The fourth-order valence-corrected chi connectivity index (χ4v) is 2.58. The quantitative estimate of drug-likeness (QED) is 0.783. The Morgan fingerprint density at radius 1 is 1.29 bits per heavy atom. The van der Waals surface area contributed by atoms with Crippen LogP contribution in [0.1, 0.15) is 17.2 Å². The molecule has 0 unspecified atom stereocenters. The molecule has 0 fully saturated rings. The molecule has 21 heavy (non-hydrogen) atoms. The van der Waals surface area contributed by atoms with Gasteiger partial charge in [-0.3, -0.25) is 9.36 Å². The van der Waals surface area contributed by atoms with E-state index >= 15 is 0 Å². The summed E-state index contributed by atoms with van der Waals surface area (Å²) < 4.78 is 4.67. The van der Waals surface area contributed by atoms with Gasteiger partial charge in [0.1, 0.15) is 12.4 Å². The second-order valence-electron chi connectivity index (χ2n) is 4.89. The van der Waals surface area contributed by atoms with E-state index in [1.807, 2.05) is 32.6 Å². The molecule has 3 rings (SSSR count). The van der Waals surface area contributed by atoms with Gasteiger partial charge < -0.3 is 5.32 Å². The number of fused-ring (bicyclic) bond motifs is 1. The Labute approximate surface area is 130 Å². The van der Waals surface area contributed by atoms with Crippen LogP contribution in [0.3, 0.4) is 0 Å². The number of halogens is 1. The van der Waals surface area contributed by atoms with Gasteiger partial charge in [-0.25, -0.2) is 9.97 Å². The van der Waals surface area contributed by atoms with E-state index in [0.717, 1.165) is 32.7 Å². The highest BCUT2D eigenvalue weighted by Crippen LogP contribution is 2.22. The molecular formula is C13H16BrN7. The average molecular weight is 350 g/mol. The lowest BCUT2D eigenvalue weighted by molar-refractivity contribution is 0.632. The summed E-state index contributed by atoms with van der Waals surface area (Å²) in [5.74, 6) is 1.48. The number of hydrogen-bond acceptors (Lipinski definition) is 5. The second-order valence-corrected chi connectivity index (χ2v) is 5.68. The molecule has 3 aromatic rings. The largest absolute Gasteiger partial charge is 0.372 e. The zero-order valence-corrected chi connectivity index (χ0v) is 13.9. The SMILES string of the molecule is CNc1nc(Cn2nc(C)c(Br)c2C)nc2c1cnn2C. The summed E-state index contributed by atoms with van der Waals surface area (Å²) in [7, 11) is 3.72. The maximum absolute atomic E-state index is 4.59. The van der Waals surface area contributed by atoms with E-state index in [9.17, 15) is 0 Å². The van der Waals surface area contributed by atoms with Crippen molar-refractivity contribution in [2.75, 3.05) is 12.4 Å². The number of rotatable bonds is 3. The maximum atomic E-state index is 4.59. The molecule has 0 saturated heterocycles. The molecule has 0 atom stereocenters. The number of nitrogens with zero attached hydrogens (tertiary/aromatic N) is 6. The minimum atomic E-state index is 0.522. The molecule has 3 aromatic heterocycles. The number of hydrogen-bond donors (Lipinski definition) is 1. The first kappa shape index (κ1) is 14.0. The topological polar surface area (TPSA) is 73.5 Å². The molecule has 1 N–H and O–H groups in total. The van der Waals surface area contributed by atoms with E-state index in [1.54, 1.807) is 10.9 Å². The van der Waals surface area contributed by atoms with Crippen molar-refractivity contribution < 1.29 is 0 Å². The van der Waals surface area contributed by atoms with Gasteiger partial charge in [-0.1, -0.05) is 0 Å². The van der Waals surface area contributed by atoms with Crippen molar-refractivity contribution in [1.29, 1.82) is 0 Å². The molecule has 0 saturated carbocycles. The highest BCUT2D eigenvalue weighted by molar-refractivity contribution is 9.10. The number of aromatic nitrogens is 6. The van der Waals surface area contributed by atoms with Crippen LogP contribution >= 0.6 is 15.9 Å². The van der Waals surface area contributed by atoms with E-state index in [1.165, 1.54) is 0 Å². The third kappa shape index (κ3) is 2.29. The fraction of sp³-hybridized carbons (Fsp3) is 0.385. The summed E-state index contributed by atoms with van der Waals surface area (Å²) in [5.41, 5.74) is 2.83. The first-order valence-corrected chi connectivity index (χ1v) is 7.36. The molecule has 8 heteroatoms. The first-order valence-electron chi connectivity index (χ1n) is 6.57. The predicted octanol–water partition coefficient (Wildman–Crippen LogP) is 2.03. The second kappa shape index (κ2) is 5.10. The molecule has 110 valence electrons. The summed E-state index contributed by atoms with van der Waals surface area (Å²) in [6.07, 6.45) is 1.77. The van der Waals surface area contributed by atoms with Crippen LogP contribution in [-0.4, -0.2) is 36.6 Å². The van der Waals surface area contributed by atoms with Crippen LogP contribution in [-0.2, 0) is 13.6 Å². The minimum Gasteiger partial charge on any atom is -0.372 e. The Hall–Kier alpha value is -1.96. The van der Waals surface area contributed by atoms with Gasteiger partial charge in [0.15, 0.2) is 11.5 Å². The summed E-state index contributed by atoms with van der Waals surface area (Å²) in [4.78, 5) is 9.15. The molecule has 0 aromatic carbocycles. The van der Waals surface area contributed by atoms with E-state index in [-0.39, 0.29) is 0 Å². The first-order chi connectivity index (χ1) is 10.0. The van der Waals surface area contributed by atoms with E-state index in [0.29, 0.717) is 12.4 Å². The third-order valence-electron chi connectivity index (χ3n) is 3.46. The van der Waals surface area contributed by atoms with Gasteiger partial charge in [0, 0.05) is 14.1 Å². The van der Waals surface area contributed by atoms with Crippen molar-refractivity contribution >= 4 is 32.8 Å². The molecule has 3 heterocycles. The van der Waals surface area contributed by atoms with Crippen molar-refractivity contribution in [3.63, 3.8) is 0 Å². The zero-order chi connectivity index (χ0) is 15.1. The van der Waals surface area contributed by atoms with Gasteiger partial charge >= 0.3 is 0 Å². The van der Waals surface area contributed by atoms with Crippen LogP contribution in [0.5, 0.6) is 0 Å². The molecule has 0 aliphatic heterocycles. The van der Waals surface area contributed by atoms with E-state index < -0.39 is 0 Å². The van der Waals surface area contributed by atoms with Crippen LogP contribution in [0.2, 0.25) is 0 Å². The lowest BCUT2D eigenvalue weighted by Crippen LogP contribution is -2.10. The van der Waals surface area contributed by atoms with Crippen molar-refractivity contribution in [2.45, 2.75) is 20.4 Å². The molecule has 0 amide bonds. The highest BCUT2D eigenvalue weighted by Gasteiger charge is 2.14. The summed E-state index contributed by atoms with van der Waals surface area (Å²) in [6, 6.07) is 0. The molecule has 0 bridgehead atoms. The fourth-order valence-electron chi connectivity index (χ4n) is 2.29. The molecule has 0 spiro atoms. The van der Waals surface area contributed by atoms with Crippen molar-refractivity contribution in [1.82, 2.24) is 29.5 Å². The van der Waals surface area contributed by atoms with E-state index in [2.05, 4.69) is 41.4 Å². The van der Waals surface area contributed by atoms with Crippen LogP contribution in [0.15, 0.2) is 10.7 Å². The Morgan fingerprint density at radius 3 is 2.67 bits per heavy atom. The predicted molar refractivity (Wildman–Crippen MR) is 84.4 cm³/mol. The highest BCUT2D eigenvalue weighted by atomic mass is 79.9. The standard InChI is InChI=1S/C13H16BrN7/c1-7-11(14)8(2)21(19-7)6-10-17-12(15-3)9-5-16-20(4)13(9)18-10/h5H,6H2,1-4H3,(H,15,17,18). The third-order valence-corrected chi connectivity index (χ3v) is 4.61. The molecular weight excluding hydrogens is 334 g/mol. The van der Waals surface area contributed by atoms with E-state index in [4.69, 9.17) is 0 Å². The van der Waals surface area contributed by atoms with Gasteiger partial charge in [0.25, 0.3) is 0 Å². The lowest BCUT2D eigenvalue weighted by Gasteiger charge is -2.07. The lowest BCUT2D eigenvalue weighted by atomic mass is 10.3. The normalized spacial score (nSPS) is 11.3. The zero-order valence-electron chi connectivity index (χ0n) is 12.3. The maximum Gasteiger partial charge on any atom is 0.163 e. The number of nitrogens with one attached hydrogen (secondary N) is 1. The van der Waals surface area contributed by atoms with Crippen molar-refractivity contribution in [2.24, 2.45) is 7.05 Å². The Kier molecular flexibility index (Phi) is 3.40. The van der Waals surface area contributed by atoms with Crippen molar-refractivity contribution in [3.8, 4) is 0 Å². The van der Waals surface area contributed by atoms with Gasteiger partial charge in [0.2, 0.25) is 0 Å². The van der Waals surface area contributed by atoms with Crippen LogP contribution in [0, 0.1) is 13.8 Å².